The number of guanidine groups is 2. The number of nitrogens with zero attached hydrogens (tertiary/aromatic N) is 3. The molecule has 2 aromatic rings. The lowest BCUT2D eigenvalue weighted by molar-refractivity contribution is 0.484. The molecule has 0 spiro atoms. The highest BCUT2D eigenvalue weighted by Crippen LogP contribution is 2.27. The van der Waals surface area contributed by atoms with Crippen molar-refractivity contribution < 1.29 is 33.7 Å². The maximum absolute atomic E-state index is 12.9. The van der Waals surface area contributed by atoms with Crippen LogP contribution in [0.5, 0.6) is 0 Å². The van der Waals surface area contributed by atoms with Gasteiger partial charge in [0.15, 0.2) is 0 Å². The van der Waals surface area contributed by atoms with Gasteiger partial charge < -0.3 is 11.5 Å². The zero-order valence-electron chi connectivity index (χ0n) is 20.7. The van der Waals surface area contributed by atoms with Crippen LogP contribution in [-0.4, -0.2) is 59.7 Å². The molecule has 0 saturated carbocycles. The van der Waals surface area contributed by atoms with Gasteiger partial charge >= 0.3 is 10.2 Å². The lowest BCUT2D eigenvalue weighted by Crippen LogP contribution is -2.54. The van der Waals surface area contributed by atoms with E-state index in [1.54, 1.807) is 4.90 Å². The van der Waals surface area contributed by atoms with Crippen LogP contribution in [0.3, 0.4) is 0 Å². The van der Waals surface area contributed by atoms with E-state index < -0.39 is 40.9 Å². The third kappa shape index (κ3) is 8.73. The molecule has 210 valence electrons. The van der Waals surface area contributed by atoms with Gasteiger partial charge in [-0.15, -0.1) is 3.89 Å². The van der Waals surface area contributed by atoms with Crippen LogP contribution in [0, 0.1) is 0 Å². The number of halogens is 1. The van der Waals surface area contributed by atoms with Gasteiger partial charge in [-0.05, 0) is 69.2 Å². The standard InChI is InChI=1S/C19H23FN6O4S2.C2H6O3S/c1-19(2)25-17(21)24-18(22)26(19)14-5-3-13(4-6-14)11-12-23-32(29,30)16-9-7-15(8-10-16)31(20,27)28;1-2-6(3,4)5/h3-10,23H,11-12H2,1-2H3,(H4,21,22,24,25);2H2,1H3,(H,3,4,5). The van der Waals surface area contributed by atoms with Crippen molar-refractivity contribution in [1.82, 2.24) is 4.72 Å². The number of nitrogens with two attached hydrogens (primary N) is 2. The molecule has 1 heterocycles. The van der Waals surface area contributed by atoms with Crippen molar-refractivity contribution in [1.29, 1.82) is 0 Å². The maximum atomic E-state index is 12.9. The van der Waals surface area contributed by atoms with Crippen molar-refractivity contribution in [2.24, 2.45) is 21.5 Å². The highest BCUT2D eigenvalue weighted by atomic mass is 32.3. The molecular weight excluding hydrogens is 563 g/mol. The van der Waals surface area contributed by atoms with Gasteiger partial charge in [-0.1, -0.05) is 12.1 Å². The normalized spacial score (nSPS) is 15.7. The second-order valence-corrected chi connectivity index (χ2v) is 13.2. The molecule has 0 saturated heterocycles. The molecule has 0 fully saturated rings. The summed E-state index contributed by atoms with van der Waals surface area (Å²) in [5.74, 6) is 0.121. The third-order valence-corrected chi connectivity index (χ3v) is 8.12. The highest BCUT2D eigenvalue weighted by molar-refractivity contribution is 7.89. The fourth-order valence-corrected chi connectivity index (χ4v) is 4.75. The van der Waals surface area contributed by atoms with Crippen LogP contribution < -0.4 is 21.1 Å². The monoisotopic (exact) mass is 592 g/mol. The van der Waals surface area contributed by atoms with Gasteiger partial charge in [0, 0.05) is 12.2 Å². The topological polar surface area (TPSA) is 215 Å². The summed E-state index contributed by atoms with van der Waals surface area (Å²) in [5.41, 5.74) is 12.6. The predicted octanol–water partition coefficient (Wildman–Crippen LogP) is 0.945. The Hall–Kier alpha value is -3.12. The summed E-state index contributed by atoms with van der Waals surface area (Å²) in [6.45, 7) is 5.17. The summed E-state index contributed by atoms with van der Waals surface area (Å²) in [6.07, 6.45) is 0.397. The molecule has 0 aliphatic carbocycles. The maximum Gasteiger partial charge on any atom is 0.332 e. The predicted molar refractivity (Wildman–Crippen MR) is 142 cm³/mol. The Labute approximate surface area is 221 Å². The zero-order valence-corrected chi connectivity index (χ0v) is 23.2. The van der Waals surface area contributed by atoms with Crippen LogP contribution in [0.15, 0.2) is 68.3 Å². The van der Waals surface area contributed by atoms with Crippen molar-refractivity contribution in [2.75, 3.05) is 17.2 Å². The SMILES string of the molecule is CC1(C)N=C(N)N=C(N)N1c1ccc(CCNS(=O)(=O)c2ccc(S(=O)(=O)F)cc2)cc1.CCS(=O)(=O)O. The molecule has 0 amide bonds. The van der Waals surface area contributed by atoms with Crippen LogP contribution in [0.1, 0.15) is 26.3 Å². The summed E-state index contributed by atoms with van der Waals surface area (Å²) in [5, 5.41) is 0. The molecule has 0 bridgehead atoms. The van der Waals surface area contributed by atoms with Crippen LogP contribution in [0.4, 0.5) is 9.57 Å². The molecule has 38 heavy (non-hydrogen) atoms. The van der Waals surface area contributed by atoms with Crippen molar-refractivity contribution in [3.8, 4) is 0 Å². The van der Waals surface area contributed by atoms with Gasteiger partial charge in [-0.2, -0.15) is 21.8 Å². The Morgan fingerprint density at radius 1 is 0.947 bits per heavy atom. The quantitative estimate of drug-likeness (QED) is 0.251. The van der Waals surface area contributed by atoms with Crippen molar-refractivity contribution >= 4 is 48.0 Å². The lowest BCUT2D eigenvalue weighted by Gasteiger charge is -2.38. The fraction of sp³-hybridized carbons (Fsp3) is 0.333. The van der Waals surface area contributed by atoms with Gasteiger partial charge in [0.1, 0.15) is 5.66 Å². The van der Waals surface area contributed by atoms with Gasteiger partial charge in [0.05, 0.1) is 15.5 Å². The average molecular weight is 593 g/mol. The smallest absolute Gasteiger partial charge is 0.332 e. The van der Waals surface area contributed by atoms with Gasteiger partial charge in [0.25, 0.3) is 10.1 Å². The first-order valence-corrected chi connectivity index (χ1v) is 15.4. The largest absolute Gasteiger partial charge is 0.369 e. The molecule has 6 N–H and O–H groups in total. The number of aliphatic imine (C=N–C) groups is 2. The molecule has 0 radical (unpaired) electrons. The van der Waals surface area contributed by atoms with E-state index >= 15 is 0 Å². The summed E-state index contributed by atoms with van der Waals surface area (Å²) >= 11 is 0. The minimum Gasteiger partial charge on any atom is -0.369 e. The number of rotatable bonds is 8. The van der Waals surface area contributed by atoms with E-state index in [1.807, 2.05) is 38.1 Å². The van der Waals surface area contributed by atoms with Crippen LogP contribution in [0.25, 0.3) is 0 Å². The van der Waals surface area contributed by atoms with E-state index in [0.717, 1.165) is 35.5 Å². The molecule has 0 unspecified atom stereocenters. The molecule has 1 aliphatic rings. The Morgan fingerprint density at radius 3 is 1.89 bits per heavy atom. The Bertz CT molecular complexity index is 1520. The first-order valence-electron chi connectivity index (χ1n) is 10.9. The number of hydrogen-bond donors (Lipinski definition) is 4. The van der Waals surface area contributed by atoms with E-state index in [4.69, 9.17) is 16.0 Å². The van der Waals surface area contributed by atoms with E-state index in [-0.39, 0.29) is 29.1 Å². The fourth-order valence-electron chi connectivity index (χ4n) is 3.26. The lowest BCUT2D eigenvalue weighted by atomic mass is 10.1. The third-order valence-electron chi connectivity index (χ3n) is 5.07. The van der Waals surface area contributed by atoms with Crippen molar-refractivity contribution in [2.45, 2.75) is 42.6 Å². The summed E-state index contributed by atoms with van der Waals surface area (Å²) < 4.78 is 88.7. The average Bonchev–Trinajstić information content (AvgIpc) is 2.78. The highest BCUT2D eigenvalue weighted by Gasteiger charge is 2.32. The Kier molecular flexibility index (Phi) is 9.60. The molecule has 1 aliphatic heterocycles. The first kappa shape index (κ1) is 31.1. The number of sulfonamides is 1. The minimum absolute atomic E-state index is 0.102. The van der Waals surface area contributed by atoms with Gasteiger partial charge in [0.2, 0.25) is 21.9 Å². The second kappa shape index (κ2) is 11.7. The summed E-state index contributed by atoms with van der Waals surface area (Å²) in [7, 11) is -12.4. The molecule has 3 rings (SSSR count). The van der Waals surface area contributed by atoms with Crippen molar-refractivity contribution in [3.63, 3.8) is 0 Å². The van der Waals surface area contributed by atoms with Crippen LogP contribution in [0.2, 0.25) is 0 Å². The molecule has 17 heteroatoms. The summed E-state index contributed by atoms with van der Waals surface area (Å²) in [6, 6.07) is 11.2. The second-order valence-electron chi connectivity index (χ2n) is 8.36. The number of hydrogen-bond acceptors (Lipinski definition) is 11. The zero-order chi connectivity index (χ0) is 28.9. The number of benzene rings is 2. The van der Waals surface area contributed by atoms with Crippen LogP contribution in [-0.2, 0) is 36.8 Å². The van der Waals surface area contributed by atoms with Gasteiger partial charge in [-0.25, -0.2) is 18.1 Å². The molecule has 13 nitrogen and oxygen atoms in total. The number of nitrogens with one attached hydrogen (secondary N) is 1. The van der Waals surface area contributed by atoms with E-state index in [1.165, 1.54) is 6.92 Å². The Balaban J connectivity index is 0.000000757. The molecule has 0 atom stereocenters. The Morgan fingerprint density at radius 2 is 1.45 bits per heavy atom. The van der Waals surface area contributed by atoms with Crippen LogP contribution >= 0.6 is 0 Å². The summed E-state index contributed by atoms with van der Waals surface area (Å²) in [4.78, 5) is 9.26. The minimum atomic E-state index is -4.89. The molecule has 2 aromatic carbocycles. The first-order chi connectivity index (χ1) is 17.4. The van der Waals surface area contributed by atoms with Gasteiger partial charge in [-0.3, -0.25) is 9.45 Å². The molecular formula is C21H29FN6O7S3. The van der Waals surface area contributed by atoms with E-state index in [2.05, 4.69) is 14.7 Å². The van der Waals surface area contributed by atoms with Crippen molar-refractivity contribution in [3.05, 3.63) is 54.1 Å². The van der Waals surface area contributed by atoms with E-state index in [9.17, 15) is 29.1 Å². The number of anilines is 1. The van der Waals surface area contributed by atoms with E-state index in [0.29, 0.717) is 6.42 Å². The molecule has 0 aromatic heterocycles.